The summed E-state index contributed by atoms with van der Waals surface area (Å²) < 4.78 is 61.3. The van der Waals surface area contributed by atoms with Crippen molar-refractivity contribution < 1.29 is 75.8 Å². The third-order valence-corrected chi connectivity index (χ3v) is 19.0. The molecule has 0 aliphatic rings. The van der Waals surface area contributed by atoms with E-state index in [2.05, 4.69) is 203 Å². The quantitative estimate of drug-likeness (QED) is 0.0146. The molecule has 4 N–H and O–H groups in total. The molecule has 18 heteroatoms. The Labute approximate surface area is 662 Å². The summed E-state index contributed by atoms with van der Waals surface area (Å²) in [6.07, 6.45) is 106. The van der Waals surface area contributed by atoms with E-state index in [1.807, 2.05) is 0 Å². The molecule has 0 heterocycles. The SMILES string of the molecule is CC/C=C\C/C=C\C/C=C\C/C=C\C/C=C\C/C=C\CCCCCCCCC(=O)OCC(COP(=O)(O)OCC(O)COP(=O)(O)OCC(O)COC(=O)CCCCCCCCCCCCC/C=C\C/C=C\C/C=C\C/C=C\C/C=C\CC)OC(=O)CCCCCCC/C=C\C/C=C\C/C=C\C/C=C\CCCCC. The van der Waals surface area contributed by atoms with E-state index in [-0.39, 0.29) is 19.3 Å². The monoisotopic (exact) mass is 1560 g/mol. The molecule has 0 saturated heterocycles. The van der Waals surface area contributed by atoms with Gasteiger partial charge >= 0.3 is 33.6 Å². The Hall–Kier alpha value is -5.35. The topological polar surface area (TPSA) is 231 Å². The van der Waals surface area contributed by atoms with Gasteiger partial charge in [0, 0.05) is 19.3 Å². The largest absolute Gasteiger partial charge is 0.472 e. The van der Waals surface area contributed by atoms with Gasteiger partial charge in [0.05, 0.1) is 26.4 Å². The number of allylic oxidation sites excluding steroid dienone is 30. The number of hydrogen-bond donors (Lipinski definition) is 4. The second-order valence-electron chi connectivity index (χ2n) is 27.5. The molecule has 5 atom stereocenters. The van der Waals surface area contributed by atoms with Crippen LogP contribution >= 0.6 is 15.6 Å². The zero-order chi connectivity index (χ0) is 79.4. The van der Waals surface area contributed by atoms with E-state index in [0.29, 0.717) is 19.3 Å². The molecule has 0 aliphatic carbocycles. The minimum absolute atomic E-state index is 0.0732. The first-order valence-electron chi connectivity index (χ1n) is 42.1. The normalized spacial score (nSPS) is 14.8. The van der Waals surface area contributed by atoms with Crippen LogP contribution in [-0.4, -0.2) is 95.9 Å². The summed E-state index contributed by atoms with van der Waals surface area (Å²) in [5.41, 5.74) is 0. The second-order valence-corrected chi connectivity index (χ2v) is 30.4. The molecule has 16 nitrogen and oxygen atoms in total. The van der Waals surface area contributed by atoms with Crippen molar-refractivity contribution in [3.05, 3.63) is 182 Å². The van der Waals surface area contributed by atoms with E-state index < -0.39 is 91.5 Å². The van der Waals surface area contributed by atoms with E-state index in [1.54, 1.807) is 0 Å². The van der Waals surface area contributed by atoms with Crippen LogP contribution in [0.5, 0.6) is 0 Å². The molecule has 0 amide bonds. The van der Waals surface area contributed by atoms with Crippen molar-refractivity contribution in [1.29, 1.82) is 0 Å². The first-order chi connectivity index (χ1) is 53.2. The minimum atomic E-state index is -4.95. The van der Waals surface area contributed by atoms with E-state index in [9.17, 15) is 43.5 Å². The van der Waals surface area contributed by atoms with Gasteiger partial charge in [0.2, 0.25) is 0 Å². The molecule has 0 radical (unpaired) electrons. The van der Waals surface area contributed by atoms with E-state index >= 15 is 0 Å². The molecule has 0 spiro atoms. The molecule has 0 aromatic heterocycles. The molecule has 0 saturated carbocycles. The van der Waals surface area contributed by atoms with Crippen molar-refractivity contribution in [1.82, 2.24) is 0 Å². The van der Waals surface area contributed by atoms with Crippen LogP contribution in [-0.2, 0) is 55.8 Å². The third-order valence-electron chi connectivity index (χ3n) is 17.1. The Morgan fingerprint density at radius 1 is 0.266 bits per heavy atom. The maximum Gasteiger partial charge on any atom is 0.472 e. The van der Waals surface area contributed by atoms with Crippen LogP contribution in [0.4, 0.5) is 0 Å². The van der Waals surface area contributed by atoms with Gasteiger partial charge in [-0.15, -0.1) is 0 Å². The summed E-state index contributed by atoms with van der Waals surface area (Å²) in [7, 11) is -9.82. The highest BCUT2D eigenvalue weighted by Gasteiger charge is 2.29. The lowest BCUT2D eigenvalue weighted by Crippen LogP contribution is -2.30. The molecular weight excluding hydrogens is 1410 g/mol. The fourth-order valence-electron chi connectivity index (χ4n) is 10.8. The van der Waals surface area contributed by atoms with Crippen LogP contribution in [0.1, 0.15) is 316 Å². The number of carbonyl (C=O) groups excluding carboxylic acids is 3. The Kier molecular flexibility index (Phi) is 78.1. The lowest BCUT2D eigenvalue weighted by molar-refractivity contribution is -0.161. The highest BCUT2D eigenvalue weighted by molar-refractivity contribution is 7.47. The number of ether oxygens (including phenoxy) is 3. The van der Waals surface area contributed by atoms with Crippen molar-refractivity contribution >= 4 is 33.6 Å². The average Bonchev–Trinajstić information content (AvgIpc) is 0.910. The first kappa shape index (κ1) is 104. The molecular formula is C91H150O16P2. The van der Waals surface area contributed by atoms with Crippen molar-refractivity contribution in [3.63, 3.8) is 0 Å². The lowest BCUT2D eigenvalue weighted by Gasteiger charge is -2.21. The zero-order valence-electron chi connectivity index (χ0n) is 67.9. The number of aliphatic hydroxyl groups is 2. The predicted molar refractivity (Wildman–Crippen MR) is 454 cm³/mol. The Bertz CT molecular complexity index is 2710. The van der Waals surface area contributed by atoms with Crippen LogP contribution in [0.2, 0.25) is 0 Å². The fourth-order valence-corrected chi connectivity index (χ4v) is 12.3. The van der Waals surface area contributed by atoms with E-state index in [1.165, 1.54) is 57.8 Å². The first-order valence-corrected chi connectivity index (χ1v) is 45.1. The van der Waals surface area contributed by atoms with Gasteiger partial charge in [0.1, 0.15) is 25.4 Å². The Morgan fingerprint density at radius 3 is 0.771 bits per heavy atom. The fraction of sp³-hybridized carbons (Fsp3) is 0.637. The van der Waals surface area contributed by atoms with Gasteiger partial charge in [0.15, 0.2) is 6.10 Å². The minimum Gasteiger partial charge on any atom is -0.463 e. The van der Waals surface area contributed by atoms with Gasteiger partial charge in [0.25, 0.3) is 0 Å². The molecule has 0 fully saturated rings. The predicted octanol–water partition coefficient (Wildman–Crippen LogP) is 25.3. The lowest BCUT2D eigenvalue weighted by atomic mass is 10.0. The van der Waals surface area contributed by atoms with Crippen LogP contribution in [0, 0.1) is 0 Å². The number of phosphoric ester groups is 2. The van der Waals surface area contributed by atoms with Crippen LogP contribution in [0.25, 0.3) is 0 Å². The summed E-state index contributed by atoms with van der Waals surface area (Å²) in [6, 6.07) is 0. The van der Waals surface area contributed by atoms with Crippen molar-refractivity contribution in [3.8, 4) is 0 Å². The van der Waals surface area contributed by atoms with Crippen LogP contribution in [0.15, 0.2) is 182 Å². The number of phosphoric acid groups is 2. The smallest absolute Gasteiger partial charge is 0.463 e. The molecule has 0 aromatic carbocycles. The molecule has 5 unspecified atom stereocenters. The summed E-state index contributed by atoms with van der Waals surface area (Å²) in [5, 5.41) is 20.7. The molecule has 0 aromatic rings. The van der Waals surface area contributed by atoms with Gasteiger partial charge < -0.3 is 34.2 Å². The number of carbonyl (C=O) groups is 3. The molecule has 0 bridgehead atoms. The maximum absolute atomic E-state index is 13.0. The zero-order valence-corrected chi connectivity index (χ0v) is 69.7. The number of esters is 3. The van der Waals surface area contributed by atoms with Crippen LogP contribution in [0.3, 0.4) is 0 Å². The molecule has 0 rings (SSSR count). The van der Waals surface area contributed by atoms with Gasteiger partial charge in [-0.1, -0.05) is 319 Å². The molecule has 620 valence electrons. The van der Waals surface area contributed by atoms with Crippen molar-refractivity contribution in [2.24, 2.45) is 0 Å². The summed E-state index contributed by atoms with van der Waals surface area (Å²) in [6.45, 7) is 2.39. The van der Waals surface area contributed by atoms with Gasteiger partial charge in [-0.05, 0) is 161 Å². The standard InChI is InChI=1S/C91H150O16P2/c1-4-7-10-13-16-19-22-25-28-31-34-37-39-41-42-44-46-48-50-53-56-59-62-65-68-71-74-77-89(94)101-80-86(92)81-103-108(97,98)104-82-87(93)83-105-109(99,100)106-85-88(107-91(96)79-76-73-70-67-64-61-58-55-52-47-36-33-30-27-24-21-18-15-12-9-6-3)84-102-90(95)78-75-72-69-66-63-60-57-54-51-49-45-43-40-38-35-32-29-26-23-20-17-14-11-8-5-2/h7-8,10-11,16-21,25-30,34-38,41-43,45,47,51,54-55,58,86-88,92-93H,4-6,9,12-15,22-24,31-33,39-40,44,46,48-50,52-53,56-57,59-85H2,1-3H3,(H,97,98)(H,99,100)/b10-7-,11-8-,19-16-,20-17-,21-18-,28-25-,29-26-,30-27-,37-34-,38-35-,42-41-,45-43-,47-36-,54-51-,58-55-. The van der Waals surface area contributed by atoms with Crippen molar-refractivity contribution in [2.45, 2.75) is 334 Å². The average molecular weight is 1560 g/mol. The number of aliphatic hydroxyl groups excluding tert-OH is 2. The van der Waals surface area contributed by atoms with Gasteiger partial charge in [-0.25, -0.2) is 9.13 Å². The Morgan fingerprint density at radius 2 is 0.486 bits per heavy atom. The summed E-state index contributed by atoms with van der Waals surface area (Å²) >= 11 is 0. The third kappa shape index (κ3) is 83.4. The summed E-state index contributed by atoms with van der Waals surface area (Å²) in [5.74, 6) is -1.62. The van der Waals surface area contributed by atoms with E-state index in [4.69, 9.17) is 32.3 Å². The molecule has 0 aliphatic heterocycles. The maximum atomic E-state index is 13.0. The number of hydrogen-bond acceptors (Lipinski definition) is 14. The summed E-state index contributed by atoms with van der Waals surface area (Å²) in [4.78, 5) is 58.9. The highest BCUT2D eigenvalue weighted by Crippen LogP contribution is 2.45. The second kappa shape index (κ2) is 82.1. The number of rotatable bonds is 78. The van der Waals surface area contributed by atoms with Crippen molar-refractivity contribution in [2.75, 3.05) is 39.6 Å². The van der Waals surface area contributed by atoms with Crippen LogP contribution < -0.4 is 0 Å². The molecule has 109 heavy (non-hydrogen) atoms. The number of unbranched alkanes of at least 4 members (excludes halogenated alkanes) is 25. The highest BCUT2D eigenvalue weighted by atomic mass is 31.2. The van der Waals surface area contributed by atoms with Gasteiger partial charge in [-0.2, -0.15) is 0 Å². The van der Waals surface area contributed by atoms with Gasteiger partial charge in [-0.3, -0.25) is 32.5 Å². The Balaban J connectivity index is 4.71. The van der Waals surface area contributed by atoms with E-state index in [0.717, 1.165) is 199 Å².